The third-order valence-electron chi connectivity index (χ3n) is 13.5. The van der Waals surface area contributed by atoms with E-state index in [4.69, 9.17) is 17.2 Å². The van der Waals surface area contributed by atoms with E-state index in [1.165, 1.54) is 0 Å². The fraction of sp³-hybridized carbons (Fsp3) is 0.727. The van der Waals surface area contributed by atoms with E-state index < -0.39 is 219 Å². The van der Waals surface area contributed by atoms with Crippen molar-refractivity contribution in [1.82, 2.24) is 53.2 Å². The molecule has 21 N–H and O–H groups in total. The van der Waals surface area contributed by atoms with Gasteiger partial charge in [-0.05, 0) is 94.9 Å². The molecule has 0 unspecified atom stereocenters. The van der Waals surface area contributed by atoms with Crippen LogP contribution in [0, 0.1) is 23.7 Å². The number of nitrogens with two attached hydrogens (primary N) is 3. The van der Waals surface area contributed by atoms with Crippen molar-refractivity contribution in [2.75, 3.05) is 13.2 Å². The van der Waals surface area contributed by atoms with Crippen molar-refractivity contribution < 1.29 is 97.5 Å². The molecule has 11 amide bonds. The quantitative estimate of drug-likeness (QED) is 0.0259. The van der Waals surface area contributed by atoms with Crippen LogP contribution in [-0.4, -0.2) is 194 Å². The van der Waals surface area contributed by atoms with Gasteiger partial charge in [0, 0.05) is 19.3 Å². The lowest BCUT2D eigenvalue weighted by atomic mass is 9.96. The number of primary amides is 1. The fourth-order valence-corrected chi connectivity index (χ4v) is 8.52. The molecule has 0 radical (unpaired) electrons. The van der Waals surface area contributed by atoms with Gasteiger partial charge in [-0.3, -0.25) is 67.1 Å². The maximum absolute atomic E-state index is 14.3. The minimum atomic E-state index is -1.82. The molecule has 0 aromatic carbocycles. The van der Waals surface area contributed by atoms with Crippen LogP contribution in [0.5, 0.6) is 0 Å². The standard InChI is InChI=1S/C55H95N13O20/c1-10-29(8)44(68-52(84)37(23-28(6)7)65-50(82)33(14-17-41(71)72)61-47(79)32(13-11-12-20-56)60-46(78)31(57)21-26(2)3)54(86)63-35(16-19-43(75)76)48(80)62-34(15-18-42(73)74)49(81)64-36(22-27(4)5)51(83)67-39(25-69)53(85)59-30(9)45(77)66-38(55(87)88)24-40(58)70/h26-39,44,69H,10-25,56-57H2,1-9H3,(H2,58,70)(H,59,85)(H,60,78)(H,61,79)(H,62,80)(H,63,86)(H,64,81)(H,65,82)(H,66,77)(H,67,83)(H,68,84)(H,71,72)(H,73,74)(H,75,76)(H,87,88)/t29-,30-,31-,32-,33-,34-,35-,36-,37-,38-,39-,44-/m0/s1. The van der Waals surface area contributed by atoms with Gasteiger partial charge in [0.15, 0.2) is 0 Å². The summed E-state index contributed by atoms with van der Waals surface area (Å²) >= 11 is 0. The fourth-order valence-electron chi connectivity index (χ4n) is 8.52. The van der Waals surface area contributed by atoms with Gasteiger partial charge in [0.2, 0.25) is 65.0 Å². The number of amides is 11. The van der Waals surface area contributed by atoms with Crippen LogP contribution in [0.4, 0.5) is 0 Å². The highest BCUT2D eigenvalue weighted by Crippen LogP contribution is 2.15. The summed E-state index contributed by atoms with van der Waals surface area (Å²) in [6.45, 7) is 13.8. The number of carbonyl (C=O) groups excluding carboxylic acids is 11. The molecule has 12 atom stereocenters. The molecule has 33 nitrogen and oxygen atoms in total. The predicted octanol–water partition coefficient (Wildman–Crippen LogP) is -3.96. The van der Waals surface area contributed by atoms with Crippen molar-refractivity contribution in [1.29, 1.82) is 0 Å². The number of carbonyl (C=O) groups is 15. The van der Waals surface area contributed by atoms with Crippen LogP contribution in [0.3, 0.4) is 0 Å². The molecule has 0 bridgehead atoms. The first-order chi connectivity index (χ1) is 41.0. The van der Waals surface area contributed by atoms with Crippen LogP contribution in [0.15, 0.2) is 0 Å². The first-order valence-electron chi connectivity index (χ1n) is 29.2. The zero-order chi connectivity index (χ0) is 67.7. The molecule has 0 fully saturated rings. The number of carboxylic acids is 4. The van der Waals surface area contributed by atoms with Crippen LogP contribution >= 0.6 is 0 Å². The summed E-state index contributed by atoms with van der Waals surface area (Å²) in [7, 11) is 0. The van der Waals surface area contributed by atoms with E-state index in [9.17, 15) is 97.5 Å². The second-order valence-corrected chi connectivity index (χ2v) is 22.9. The molecule has 0 aliphatic carbocycles. The lowest BCUT2D eigenvalue weighted by Gasteiger charge is -2.30. The number of hydrogen-bond acceptors (Lipinski definition) is 18. The lowest BCUT2D eigenvalue weighted by Crippen LogP contribution is -2.61. The molecule has 0 saturated carbocycles. The monoisotopic (exact) mass is 1260 g/mol. The Kier molecular flexibility index (Phi) is 37.4. The van der Waals surface area contributed by atoms with Crippen molar-refractivity contribution >= 4 is 88.9 Å². The molecule has 500 valence electrons. The van der Waals surface area contributed by atoms with Crippen LogP contribution in [0.1, 0.15) is 152 Å². The highest BCUT2D eigenvalue weighted by atomic mass is 16.4. The Morgan fingerprint density at radius 1 is 0.398 bits per heavy atom. The smallest absolute Gasteiger partial charge is 0.326 e. The Morgan fingerprint density at radius 2 is 0.739 bits per heavy atom. The van der Waals surface area contributed by atoms with Crippen molar-refractivity contribution in [3.63, 3.8) is 0 Å². The van der Waals surface area contributed by atoms with E-state index in [2.05, 4.69) is 47.9 Å². The number of carboxylic acid groups (broad SMARTS) is 4. The topological polar surface area (TPSA) is 556 Å². The summed E-state index contributed by atoms with van der Waals surface area (Å²) in [6.07, 6.45) is -3.59. The van der Waals surface area contributed by atoms with Gasteiger partial charge in [-0.1, -0.05) is 61.8 Å². The third kappa shape index (κ3) is 32.1. The summed E-state index contributed by atoms with van der Waals surface area (Å²) in [6, 6.07) is -17.1. The third-order valence-corrected chi connectivity index (χ3v) is 13.5. The molecule has 0 aliphatic rings. The normalized spacial score (nSPS) is 15.3. The lowest BCUT2D eigenvalue weighted by molar-refractivity contribution is -0.143. The van der Waals surface area contributed by atoms with Gasteiger partial charge in [0.1, 0.15) is 60.4 Å². The van der Waals surface area contributed by atoms with E-state index in [0.717, 1.165) is 6.92 Å². The van der Waals surface area contributed by atoms with Gasteiger partial charge in [-0.2, -0.15) is 0 Å². The zero-order valence-electron chi connectivity index (χ0n) is 51.6. The molecular weight excluding hydrogens is 1160 g/mol. The zero-order valence-corrected chi connectivity index (χ0v) is 51.6. The van der Waals surface area contributed by atoms with Crippen molar-refractivity contribution in [3.8, 4) is 0 Å². The average Bonchev–Trinajstić information content (AvgIpc) is 3.18. The number of hydrogen-bond donors (Lipinski definition) is 18. The molecule has 0 spiro atoms. The van der Waals surface area contributed by atoms with Gasteiger partial charge in [-0.25, -0.2) is 4.79 Å². The molecule has 88 heavy (non-hydrogen) atoms. The number of unbranched alkanes of at least 4 members (excludes halogenated alkanes) is 1. The highest BCUT2D eigenvalue weighted by molar-refractivity contribution is 5.99. The molecule has 0 aromatic heterocycles. The van der Waals surface area contributed by atoms with E-state index in [1.807, 2.05) is 19.2 Å². The van der Waals surface area contributed by atoms with Gasteiger partial charge >= 0.3 is 23.9 Å². The minimum absolute atomic E-state index is 0.0295. The van der Waals surface area contributed by atoms with Gasteiger partial charge in [-0.15, -0.1) is 0 Å². The second-order valence-electron chi connectivity index (χ2n) is 22.9. The van der Waals surface area contributed by atoms with Crippen LogP contribution < -0.4 is 70.4 Å². The van der Waals surface area contributed by atoms with E-state index in [1.54, 1.807) is 41.5 Å². The second kappa shape index (κ2) is 41.1. The molecule has 33 heteroatoms. The largest absolute Gasteiger partial charge is 0.481 e. The molecule has 0 aliphatic heterocycles. The summed E-state index contributed by atoms with van der Waals surface area (Å²) in [5.74, 6) is -18.6. The Balaban J connectivity index is 6.92. The molecule has 0 aromatic rings. The van der Waals surface area contributed by atoms with E-state index >= 15 is 0 Å². The van der Waals surface area contributed by atoms with Crippen molar-refractivity contribution in [2.45, 2.75) is 219 Å². The predicted molar refractivity (Wildman–Crippen MR) is 313 cm³/mol. The Labute approximate surface area is 510 Å². The molecule has 0 heterocycles. The van der Waals surface area contributed by atoms with E-state index in [0.29, 0.717) is 12.8 Å². The van der Waals surface area contributed by atoms with Crippen LogP contribution in [0.2, 0.25) is 0 Å². The summed E-state index contributed by atoms with van der Waals surface area (Å²) in [4.78, 5) is 196. The van der Waals surface area contributed by atoms with Gasteiger partial charge in [0.05, 0.1) is 19.1 Å². The summed E-state index contributed by atoms with van der Waals surface area (Å²) in [5.41, 5.74) is 16.8. The molecule has 0 saturated heterocycles. The highest BCUT2D eigenvalue weighted by Gasteiger charge is 2.38. The number of rotatable bonds is 45. The first-order valence-corrected chi connectivity index (χ1v) is 29.2. The molecular formula is C55H95N13O20. The molecule has 0 rings (SSSR count). The van der Waals surface area contributed by atoms with Crippen LogP contribution in [0.25, 0.3) is 0 Å². The average molecular weight is 1260 g/mol. The van der Waals surface area contributed by atoms with Crippen molar-refractivity contribution in [3.05, 3.63) is 0 Å². The Morgan fingerprint density at radius 3 is 1.10 bits per heavy atom. The SMILES string of the molecule is CC[C@H](C)[C@H](NC(=O)[C@H](CC(C)C)NC(=O)[C@H](CCC(=O)O)NC(=O)[C@H](CCCCN)NC(=O)[C@@H](N)CC(C)C)C(=O)N[C@@H](CCC(=O)O)C(=O)N[C@@H](CCC(=O)O)C(=O)N[C@@H](CC(C)C)C(=O)N[C@@H](CO)C(=O)N[C@@H](C)C(=O)N[C@@H](CC(N)=O)C(=O)O. The number of nitrogens with one attached hydrogen (secondary N) is 10. The first kappa shape index (κ1) is 79.9. The van der Waals surface area contributed by atoms with Crippen molar-refractivity contribution in [2.24, 2.45) is 40.9 Å². The number of aliphatic hydroxyl groups excluding tert-OH is 1. The maximum atomic E-state index is 14.3. The Hall–Kier alpha value is -8.07. The number of aliphatic carboxylic acids is 4. The van der Waals surface area contributed by atoms with Gasteiger partial charge in [0.25, 0.3) is 0 Å². The Bertz CT molecular complexity index is 2410. The summed E-state index contributed by atoms with van der Waals surface area (Å²) in [5, 5.41) is 72.0. The minimum Gasteiger partial charge on any atom is -0.481 e. The maximum Gasteiger partial charge on any atom is 0.326 e. The summed E-state index contributed by atoms with van der Waals surface area (Å²) < 4.78 is 0. The number of aliphatic hydroxyl groups is 1. The van der Waals surface area contributed by atoms with Gasteiger partial charge < -0.3 is 95.9 Å². The van der Waals surface area contributed by atoms with E-state index in [-0.39, 0.29) is 50.5 Å². The van der Waals surface area contributed by atoms with Crippen LogP contribution in [-0.2, 0) is 71.9 Å².